The van der Waals surface area contributed by atoms with E-state index in [1.54, 1.807) is 6.07 Å². The van der Waals surface area contributed by atoms with Crippen molar-refractivity contribution in [3.8, 4) is 0 Å². The summed E-state index contributed by atoms with van der Waals surface area (Å²) in [6.07, 6.45) is 0. The molecular weight excluding hydrogens is 120 g/mol. The van der Waals surface area contributed by atoms with Crippen molar-refractivity contribution in [1.82, 2.24) is 0 Å². The third kappa shape index (κ3) is 0.869. The van der Waals surface area contributed by atoms with Crippen LogP contribution >= 0.6 is 11.3 Å². The first kappa shape index (κ1) is 5.31. The summed E-state index contributed by atoms with van der Waals surface area (Å²) in [7, 11) is 0. The van der Waals surface area contributed by atoms with Gasteiger partial charge in [-0.15, -0.1) is 11.3 Å². The molecule has 1 aromatic heterocycles. The van der Waals surface area contributed by atoms with Crippen LogP contribution in [0.25, 0.3) is 0 Å². The van der Waals surface area contributed by atoms with Crippen molar-refractivity contribution in [2.45, 2.75) is 0 Å². The molecule has 3 N–H and O–H groups in total. The molecule has 0 aliphatic carbocycles. The van der Waals surface area contributed by atoms with Gasteiger partial charge in [-0.25, -0.2) is 0 Å². The minimum Gasteiger partial charge on any atom is -0.384 e. The SMILES string of the molecule is N=C(N)c1[c]scc1. The summed E-state index contributed by atoms with van der Waals surface area (Å²) in [6.45, 7) is 0. The molecule has 0 saturated heterocycles. The Morgan fingerprint density at radius 2 is 2.62 bits per heavy atom. The maximum atomic E-state index is 6.91. The van der Waals surface area contributed by atoms with Crippen LogP contribution in [-0.2, 0) is 0 Å². The molecule has 0 unspecified atom stereocenters. The number of nitrogens with one attached hydrogen (secondary N) is 1. The number of rotatable bonds is 1. The topological polar surface area (TPSA) is 49.9 Å². The van der Waals surface area contributed by atoms with Crippen molar-refractivity contribution in [3.63, 3.8) is 0 Å². The van der Waals surface area contributed by atoms with Gasteiger partial charge in [0.05, 0.1) is 5.38 Å². The van der Waals surface area contributed by atoms with Crippen LogP contribution in [0.5, 0.6) is 0 Å². The Morgan fingerprint density at radius 1 is 1.88 bits per heavy atom. The highest BCUT2D eigenvalue weighted by atomic mass is 32.1. The Kier molecular flexibility index (Phi) is 1.30. The standard InChI is InChI=1S/C5H5N2S/c6-5(7)4-1-2-8-3-4/h1-2H,(H3,6,7). The third-order valence-electron chi connectivity index (χ3n) is 0.762. The van der Waals surface area contributed by atoms with Crippen molar-refractivity contribution in [1.29, 1.82) is 5.41 Å². The Balaban J connectivity index is 2.93. The third-order valence-corrected chi connectivity index (χ3v) is 1.37. The van der Waals surface area contributed by atoms with Crippen molar-refractivity contribution in [2.24, 2.45) is 5.73 Å². The van der Waals surface area contributed by atoms with E-state index in [0.29, 0.717) is 5.56 Å². The van der Waals surface area contributed by atoms with E-state index in [1.165, 1.54) is 11.3 Å². The van der Waals surface area contributed by atoms with E-state index in [2.05, 4.69) is 5.38 Å². The number of hydrogen-bond acceptors (Lipinski definition) is 2. The monoisotopic (exact) mass is 125 g/mol. The lowest BCUT2D eigenvalue weighted by molar-refractivity contribution is 1.44. The van der Waals surface area contributed by atoms with Crippen LogP contribution in [0.1, 0.15) is 5.56 Å². The number of amidine groups is 1. The maximum Gasteiger partial charge on any atom is 0.124 e. The van der Waals surface area contributed by atoms with Gasteiger partial charge in [-0.2, -0.15) is 0 Å². The summed E-state index contributed by atoms with van der Waals surface area (Å²) in [4.78, 5) is 0. The summed E-state index contributed by atoms with van der Waals surface area (Å²) in [5.74, 6) is 0.0891. The predicted octanol–water partition coefficient (Wildman–Crippen LogP) is 0.832. The molecule has 0 amide bonds. The molecule has 0 fully saturated rings. The van der Waals surface area contributed by atoms with Crippen molar-refractivity contribution >= 4 is 17.2 Å². The molecule has 1 heterocycles. The minimum atomic E-state index is 0.0891. The van der Waals surface area contributed by atoms with Gasteiger partial charge >= 0.3 is 0 Å². The molecule has 2 nitrogen and oxygen atoms in total. The van der Waals surface area contributed by atoms with E-state index < -0.39 is 0 Å². The molecule has 0 aromatic carbocycles. The lowest BCUT2D eigenvalue weighted by atomic mass is 10.3. The fourth-order valence-corrected chi connectivity index (χ4v) is 0.955. The zero-order chi connectivity index (χ0) is 5.98. The number of thiophene rings is 1. The smallest absolute Gasteiger partial charge is 0.124 e. The summed E-state index contributed by atoms with van der Waals surface area (Å²) in [6, 6.07) is 1.77. The van der Waals surface area contributed by atoms with Gasteiger partial charge in [-0.3, -0.25) is 5.41 Å². The molecule has 0 aliphatic rings. The van der Waals surface area contributed by atoms with Gasteiger partial charge < -0.3 is 5.73 Å². The number of hydrogen-bond donors (Lipinski definition) is 2. The van der Waals surface area contributed by atoms with Crippen molar-refractivity contribution in [3.05, 3.63) is 22.4 Å². The Hall–Kier alpha value is -0.830. The minimum absolute atomic E-state index is 0.0891. The zero-order valence-electron chi connectivity index (χ0n) is 4.14. The molecule has 1 radical (unpaired) electrons. The second kappa shape index (κ2) is 1.96. The summed E-state index contributed by atoms with van der Waals surface area (Å²) < 4.78 is 0. The normalized spacial score (nSPS) is 9.00. The molecule has 1 aromatic rings. The maximum absolute atomic E-state index is 6.91. The molecule has 0 atom stereocenters. The molecular formula is C5H5N2S. The summed E-state index contributed by atoms with van der Waals surface area (Å²) >= 11 is 1.42. The highest BCUT2D eigenvalue weighted by Gasteiger charge is 1.92. The first-order valence-corrected chi connectivity index (χ1v) is 2.98. The van der Waals surface area contributed by atoms with Gasteiger partial charge in [-0.1, -0.05) is 0 Å². The van der Waals surface area contributed by atoms with Gasteiger partial charge in [0.1, 0.15) is 5.84 Å². The van der Waals surface area contributed by atoms with Crippen LogP contribution < -0.4 is 5.73 Å². The van der Waals surface area contributed by atoms with Gasteiger partial charge in [-0.05, 0) is 11.4 Å². The molecule has 0 saturated carbocycles. The van der Waals surface area contributed by atoms with Gasteiger partial charge in [0.25, 0.3) is 0 Å². The van der Waals surface area contributed by atoms with Crippen LogP contribution in [0, 0.1) is 10.8 Å². The molecule has 1 rings (SSSR count). The van der Waals surface area contributed by atoms with Crippen molar-refractivity contribution < 1.29 is 0 Å². The predicted molar refractivity (Wildman–Crippen MR) is 34.2 cm³/mol. The van der Waals surface area contributed by atoms with Crippen LogP contribution in [0.15, 0.2) is 11.4 Å². The molecule has 3 heteroatoms. The van der Waals surface area contributed by atoms with Crippen LogP contribution in [-0.4, -0.2) is 5.84 Å². The van der Waals surface area contributed by atoms with E-state index >= 15 is 0 Å². The lowest BCUT2D eigenvalue weighted by Crippen LogP contribution is -2.09. The van der Waals surface area contributed by atoms with E-state index in [0.717, 1.165) is 0 Å². The second-order valence-electron chi connectivity index (χ2n) is 1.35. The number of nitrogen functional groups attached to an aromatic ring is 1. The van der Waals surface area contributed by atoms with Gasteiger partial charge in [0.15, 0.2) is 0 Å². The molecule has 0 aliphatic heterocycles. The highest BCUT2D eigenvalue weighted by molar-refractivity contribution is 7.07. The van der Waals surface area contributed by atoms with Crippen LogP contribution in [0.2, 0.25) is 0 Å². The molecule has 0 spiro atoms. The summed E-state index contributed by atoms with van der Waals surface area (Å²) in [5, 5.41) is 11.6. The van der Waals surface area contributed by atoms with Crippen LogP contribution in [0.4, 0.5) is 0 Å². The fraction of sp³-hybridized carbons (Fsp3) is 0. The average Bonchev–Trinajstić information content (AvgIpc) is 2.12. The Bertz CT molecular complexity index is 178. The Morgan fingerprint density at radius 3 is 2.88 bits per heavy atom. The van der Waals surface area contributed by atoms with E-state index in [-0.39, 0.29) is 5.84 Å². The lowest BCUT2D eigenvalue weighted by Gasteiger charge is -1.84. The Labute approximate surface area is 51.5 Å². The fourth-order valence-electron chi connectivity index (χ4n) is 0.378. The van der Waals surface area contributed by atoms with E-state index in [4.69, 9.17) is 11.1 Å². The molecule has 8 heavy (non-hydrogen) atoms. The summed E-state index contributed by atoms with van der Waals surface area (Å²) in [5.41, 5.74) is 5.81. The highest BCUT2D eigenvalue weighted by Crippen LogP contribution is 2.01. The molecule has 0 bridgehead atoms. The largest absolute Gasteiger partial charge is 0.384 e. The van der Waals surface area contributed by atoms with Crippen LogP contribution in [0.3, 0.4) is 0 Å². The first-order valence-electron chi connectivity index (χ1n) is 2.10. The second-order valence-corrected chi connectivity index (χ2v) is 2.06. The van der Waals surface area contributed by atoms with Gasteiger partial charge in [0, 0.05) is 5.56 Å². The average molecular weight is 125 g/mol. The first-order chi connectivity index (χ1) is 3.80. The van der Waals surface area contributed by atoms with E-state index in [1.807, 2.05) is 5.38 Å². The van der Waals surface area contributed by atoms with Crippen molar-refractivity contribution in [2.75, 3.05) is 0 Å². The molecule has 41 valence electrons. The zero-order valence-corrected chi connectivity index (χ0v) is 4.96. The quantitative estimate of drug-likeness (QED) is 0.424. The number of nitrogens with two attached hydrogens (primary N) is 1. The van der Waals surface area contributed by atoms with E-state index in [9.17, 15) is 0 Å². The van der Waals surface area contributed by atoms with Gasteiger partial charge in [0.2, 0.25) is 0 Å².